The van der Waals surface area contributed by atoms with E-state index in [4.69, 9.17) is 9.47 Å². The van der Waals surface area contributed by atoms with Crippen LogP contribution in [0.1, 0.15) is 40.5 Å². The molecule has 4 aliphatic heterocycles. The van der Waals surface area contributed by atoms with E-state index in [-0.39, 0.29) is 25.0 Å². The van der Waals surface area contributed by atoms with Gasteiger partial charge in [0, 0.05) is 12.1 Å². The Kier molecular flexibility index (Phi) is 5.50. The molecule has 4 rings (SSSR count). The Balaban J connectivity index is 1.87. The van der Waals surface area contributed by atoms with E-state index in [1.807, 2.05) is 39.0 Å². The summed E-state index contributed by atoms with van der Waals surface area (Å²) in [5.41, 5.74) is -1.76. The van der Waals surface area contributed by atoms with Gasteiger partial charge in [-0.2, -0.15) is 0 Å². The second kappa shape index (κ2) is 7.74. The minimum absolute atomic E-state index is 0.238. The van der Waals surface area contributed by atoms with Gasteiger partial charge in [-0.05, 0) is 40.5 Å². The maximum atomic E-state index is 13.9. The Bertz CT molecular complexity index is 830. The zero-order valence-corrected chi connectivity index (χ0v) is 18.6. The summed E-state index contributed by atoms with van der Waals surface area (Å²) in [4.78, 5) is 43.8. The fourth-order valence-electron chi connectivity index (χ4n) is 5.36. The van der Waals surface area contributed by atoms with Crippen LogP contribution in [0.3, 0.4) is 0 Å². The molecule has 4 heterocycles. The fraction of sp³-hybridized carbons (Fsp3) is 0.696. The molecule has 170 valence electrons. The molecule has 8 nitrogen and oxygen atoms in total. The van der Waals surface area contributed by atoms with Crippen molar-refractivity contribution in [2.75, 3.05) is 19.8 Å². The van der Waals surface area contributed by atoms with Crippen molar-refractivity contribution in [3.8, 4) is 0 Å². The summed E-state index contributed by atoms with van der Waals surface area (Å²) in [6.45, 7) is 7.90. The lowest BCUT2D eigenvalue weighted by molar-refractivity contribution is -0.157. The lowest BCUT2D eigenvalue weighted by Gasteiger charge is -2.41. The molecular weight excluding hydrogens is 400 g/mol. The summed E-state index contributed by atoms with van der Waals surface area (Å²) in [6, 6.07) is -1.55. The van der Waals surface area contributed by atoms with E-state index in [1.165, 1.54) is 4.90 Å². The topological polar surface area (TPSA) is 96.4 Å². The van der Waals surface area contributed by atoms with Gasteiger partial charge in [0.25, 0.3) is 0 Å². The molecule has 31 heavy (non-hydrogen) atoms. The van der Waals surface area contributed by atoms with Crippen LogP contribution in [0.2, 0.25) is 0 Å². The van der Waals surface area contributed by atoms with Crippen LogP contribution in [0, 0.1) is 11.8 Å². The molecular formula is C23H32N2O6. The zero-order valence-electron chi connectivity index (χ0n) is 18.6. The fourth-order valence-corrected chi connectivity index (χ4v) is 5.36. The van der Waals surface area contributed by atoms with Crippen molar-refractivity contribution in [2.45, 2.75) is 69.9 Å². The number of cyclic esters (lactones) is 1. The maximum absolute atomic E-state index is 13.9. The number of esters is 1. The third-order valence-corrected chi connectivity index (χ3v) is 6.84. The van der Waals surface area contributed by atoms with Gasteiger partial charge >= 0.3 is 5.97 Å². The number of hydrogen-bond donors (Lipinski definition) is 1. The molecule has 0 saturated carbocycles. The van der Waals surface area contributed by atoms with Crippen LogP contribution in [0.25, 0.3) is 0 Å². The van der Waals surface area contributed by atoms with Crippen molar-refractivity contribution in [3.63, 3.8) is 0 Å². The third kappa shape index (κ3) is 3.31. The first kappa shape index (κ1) is 22.0. The number of likely N-dealkylation sites (tertiary alicyclic amines) is 1. The lowest BCUT2D eigenvalue weighted by Crippen LogP contribution is -2.60. The van der Waals surface area contributed by atoms with Crippen LogP contribution >= 0.6 is 0 Å². The predicted molar refractivity (Wildman–Crippen MR) is 112 cm³/mol. The van der Waals surface area contributed by atoms with Crippen LogP contribution in [-0.4, -0.2) is 81.8 Å². The van der Waals surface area contributed by atoms with Crippen LogP contribution in [-0.2, 0) is 23.9 Å². The van der Waals surface area contributed by atoms with Gasteiger partial charge in [-0.15, -0.1) is 0 Å². The van der Waals surface area contributed by atoms with E-state index < -0.39 is 47.1 Å². The third-order valence-electron chi connectivity index (χ3n) is 6.84. The molecule has 2 saturated heterocycles. The molecule has 0 aromatic rings. The number of nitrogens with zero attached hydrogens (tertiary/aromatic N) is 2. The normalized spacial score (nSPS) is 37.8. The highest BCUT2D eigenvalue weighted by Gasteiger charge is 2.72. The van der Waals surface area contributed by atoms with E-state index in [0.29, 0.717) is 13.0 Å². The van der Waals surface area contributed by atoms with Crippen LogP contribution < -0.4 is 0 Å². The highest BCUT2D eigenvalue weighted by molar-refractivity contribution is 5.99. The van der Waals surface area contributed by atoms with E-state index in [0.717, 1.165) is 6.42 Å². The molecule has 1 unspecified atom stereocenters. The molecule has 1 N–H and O–H groups in total. The van der Waals surface area contributed by atoms with Gasteiger partial charge in [-0.1, -0.05) is 24.3 Å². The number of carbonyl (C=O) groups is 3. The van der Waals surface area contributed by atoms with Gasteiger partial charge < -0.3 is 24.4 Å². The lowest BCUT2D eigenvalue weighted by atomic mass is 9.78. The number of ether oxygens (including phenoxy) is 2. The number of amides is 2. The quantitative estimate of drug-likeness (QED) is 0.517. The standard InChI is InChI=1S/C23H32N2O6/c1-14(13-26)25-18-20(28)24(22(2,3)4)11-8-10-23(18)17(19(25)27)16-15(31-23)9-6-5-7-12-30-21(16)29/h6,8-10,14-18,26H,5,7,11-13H2,1-4H3/b9-6-/t14-,15-,16+,17+,18?,23+/m1/s1. The first-order chi connectivity index (χ1) is 14.6. The molecule has 2 amide bonds. The second-order valence-corrected chi connectivity index (χ2v) is 9.88. The molecule has 0 aromatic carbocycles. The number of rotatable bonds is 2. The van der Waals surface area contributed by atoms with Gasteiger partial charge in [-0.25, -0.2) is 0 Å². The Morgan fingerprint density at radius 3 is 2.65 bits per heavy atom. The number of allylic oxidation sites excluding steroid dienone is 1. The number of fused-ring (bicyclic) bond motifs is 2. The van der Waals surface area contributed by atoms with Crippen LogP contribution in [0.4, 0.5) is 0 Å². The first-order valence-corrected chi connectivity index (χ1v) is 11.1. The molecule has 1 spiro atoms. The summed E-state index contributed by atoms with van der Waals surface area (Å²) >= 11 is 0. The van der Waals surface area contributed by atoms with Crippen LogP contribution in [0.15, 0.2) is 24.3 Å². The van der Waals surface area contributed by atoms with Crippen LogP contribution in [0.5, 0.6) is 0 Å². The van der Waals surface area contributed by atoms with Crippen molar-refractivity contribution in [1.29, 1.82) is 0 Å². The molecule has 0 aromatic heterocycles. The number of hydrogen-bond acceptors (Lipinski definition) is 6. The second-order valence-electron chi connectivity index (χ2n) is 9.88. The SMILES string of the molecule is C[C@H](CO)N1C(=O)[C@@H]2[C@H]3C(=O)OCCC/C=C\[C@H]3O[C@@]23C=CCN(C(C)(C)C)C(=O)C13. The summed E-state index contributed by atoms with van der Waals surface area (Å²) < 4.78 is 11.9. The average Bonchev–Trinajstić information content (AvgIpc) is 3.11. The van der Waals surface area contributed by atoms with Gasteiger partial charge in [0.1, 0.15) is 17.6 Å². The maximum Gasteiger partial charge on any atom is 0.312 e. The Morgan fingerprint density at radius 1 is 1.23 bits per heavy atom. The molecule has 8 heteroatoms. The summed E-state index contributed by atoms with van der Waals surface area (Å²) in [5.74, 6) is -2.78. The summed E-state index contributed by atoms with van der Waals surface area (Å²) in [6.07, 6.45) is 8.25. The van der Waals surface area contributed by atoms with Crippen molar-refractivity contribution in [1.82, 2.24) is 9.80 Å². The van der Waals surface area contributed by atoms with Gasteiger partial charge in [0.15, 0.2) is 0 Å². The molecule has 0 radical (unpaired) electrons. The number of aliphatic hydroxyl groups excluding tert-OH is 1. The minimum Gasteiger partial charge on any atom is -0.465 e. The Hall–Kier alpha value is -2.19. The molecule has 4 aliphatic rings. The van der Waals surface area contributed by atoms with Gasteiger partial charge in [0.2, 0.25) is 11.8 Å². The Labute approximate surface area is 182 Å². The minimum atomic E-state index is -1.28. The highest BCUT2D eigenvalue weighted by atomic mass is 16.6. The highest BCUT2D eigenvalue weighted by Crippen LogP contribution is 2.53. The van der Waals surface area contributed by atoms with E-state index in [2.05, 4.69) is 0 Å². The first-order valence-electron chi connectivity index (χ1n) is 11.1. The van der Waals surface area contributed by atoms with Crippen molar-refractivity contribution >= 4 is 17.8 Å². The van der Waals surface area contributed by atoms with Gasteiger partial charge in [0.05, 0.1) is 31.3 Å². The van der Waals surface area contributed by atoms with E-state index in [9.17, 15) is 19.5 Å². The Morgan fingerprint density at radius 2 is 1.97 bits per heavy atom. The van der Waals surface area contributed by atoms with Gasteiger partial charge in [-0.3, -0.25) is 14.4 Å². The molecule has 0 bridgehead atoms. The summed E-state index contributed by atoms with van der Waals surface area (Å²) in [5, 5.41) is 9.87. The predicted octanol–water partition coefficient (Wildman–Crippen LogP) is 1.04. The molecule has 0 aliphatic carbocycles. The molecule has 2 fully saturated rings. The number of aliphatic hydroxyl groups is 1. The smallest absolute Gasteiger partial charge is 0.312 e. The monoisotopic (exact) mass is 432 g/mol. The number of carbonyl (C=O) groups excluding carboxylic acids is 3. The molecule has 6 atom stereocenters. The average molecular weight is 433 g/mol. The van der Waals surface area contributed by atoms with Crippen molar-refractivity contribution in [2.24, 2.45) is 11.8 Å². The van der Waals surface area contributed by atoms with E-state index in [1.54, 1.807) is 17.9 Å². The summed E-state index contributed by atoms with van der Waals surface area (Å²) in [7, 11) is 0. The van der Waals surface area contributed by atoms with E-state index >= 15 is 0 Å². The van der Waals surface area contributed by atoms with Crippen molar-refractivity contribution in [3.05, 3.63) is 24.3 Å². The largest absolute Gasteiger partial charge is 0.465 e. The zero-order chi connectivity index (χ0) is 22.6. The van der Waals surface area contributed by atoms with Crippen molar-refractivity contribution < 1.29 is 29.0 Å².